The van der Waals surface area contributed by atoms with Crippen molar-refractivity contribution in [3.8, 4) is 29.0 Å². The maximum atomic E-state index is 13.4. The summed E-state index contributed by atoms with van der Waals surface area (Å²) in [5, 5.41) is 44.0. The fourth-order valence-electron chi connectivity index (χ4n) is 3.42. The van der Waals surface area contributed by atoms with Crippen LogP contribution in [-0.4, -0.2) is 39.5 Å². The minimum atomic E-state index is -1.00. The van der Waals surface area contributed by atoms with Gasteiger partial charge in [0.25, 0.3) is 0 Å². The molecule has 12 heteroatoms. The van der Waals surface area contributed by atoms with Crippen LogP contribution in [0.5, 0.6) is 5.75 Å². The monoisotopic (exact) mass is 548 g/mol. The van der Waals surface area contributed by atoms with Crippen LogP contribution in [0, 0.1) is 28.5 Å². The number of hydrogen-bond donors (Lipinski definition) is 4. The molecule has 0 unspecified atom stereocenters. The van der Waals surface area contributed by atoms with Gasteiger partial charge in [0, 0.05) is 22.4 Å². The number of nitrogen functional groups attached to an aromatic ring is 1. The van der Waals surface area contributed by atoms with Crippen molar-refractivity contribution in [2.75, 3.05) is 24.3 Å². The number of thiazole rings is 1. The highest BCUT2D eigenvalue weighted by Crippen LogP contribution is 2.37. The van der Waals surface area contributed by atoms with E-state index in [1.165, 1.54) is 35.2 Å². The molecule has 0 aliphatic rings. The van der Waals surface area contributed by atoms with Crippen LogP contribution in [-0.2, 0) is 5.75 Å². The molecule has 0 saturated carbocycles. The Bertz CT molecular complexity index is 1520. The highest BCUT2D eigenvalue weighted by molar-refractivity contribution is 7.98. The molecular weight excluding hydrogens is 527 g/mol. The van der Waals surface area contributed by atoms with Gasteiger partial charge < -0.3 is 26.0 Å². The maximum Gasteiger partial charge on any atom is 0.187 e. The van der Waals surface area contributed by atoms with Gasteiger partial charge in [0.1, 0.15) is 52.8 Å². The third-order valence-electron chi connectivity index (χ3n) is 5.20. The molecular formula is C26H21FN6O3S2. The van der Waals surface area contributed by atoms with E-state index in [-0.39, 0.29) is 29.4 Å². The Morgan fingerprint density at radius 3 is 2.58 bits per heavy atom. The van der Waals surface area contributed by atoms with E-state index in [1.54, 1.807) is 36.4 Å². The van der Waals surface area contributed by atoms with Crippen LogP contribution in [0.15, 0.2) is 58.9 Å². The van der Waals surface area contributed by atoms with Crippen molar-refractivity contribution in [3.05, 3.63) is 76.5 Å². The lowest BCUT2D eigenvalue weighted by molar-refractivity contribution is 0.0536. The Balaban J connectivity index is 1.56. The van der Waals surface area contributed by atoms with Gasteiger partial charge in [0.2, 0.25) is 0 Å². The average molecular weight is 549 g/mol. The van der Waals surface area contributed by atoms with Gasteiger partial charge in [0.15, 0.2) is 5.13 Å². The van der Waals surface area contributed by atoms with Gasteiger partial charge in [-0.25, -0.2) is 14.4 Å². The van der Waals surface area contributed by atoms with Crippen LogP contribution < -0.4 is 15.8 Å². The summed E-state index contributed by atoms with van der Waals surface area (Å²) in [7, 11) is 0. The van der Waals surface area contributed by atoms with Crippen molar-refractivity contribution < 1.29 is 19.3 Å². The van der Waals surface area contributed by atoms with Crippen LogP contribution in [0.3, 0.4) is 0 Å². The summed E-state index contributed by atoms with van der Waals surface area (Å²) in [6.07, 6.45) is -1.00. The first-order valence-corrected chi connectivity index (χ1v) is 13.0. The van der Waals surface area contributed by atoms with Crippen LogP contribution >= 0.6 is 23.1 Å². The zero-order valence-electron chi connectivity index (χ0n) is 19.8. The topological polar surface area (TPSA) is 161 Å². The van der Waals surface area contributed by atoms with Gasteiger partial charge in [0.05, 0.1) is 17.9 Å². The molecule has 4 rings (SSSR count). The summed E-state index contributed by atoms with van der Waals surface area (Å²) in [5.41, 5.74) is 8.63. The van der Waals surface area contributed by atoms with Crippen molar-refractivity contribution in [1.82, 2.24) is 9.97 Å². The minimum absolute atomic E-state index is 0.00197. The Morgan fingerprint density at radius 2 is 1.89 bits per heavy atom. The molecule has 0 aliphatic heterocycles. The number of anilines is 3. The Kier molecular flexibility index (Phi) is 8.73. The number of halogens is 1. The Hall–Kier alpha value is -4.20. The van der Waals surface area contributed by atoms with Crippen LogP contribution in [0.1, 0.15) is 16.8 Å². The summed E-state index contributed by atoms with van der Waals surface area (Å²) in [6.45, 7) is -0.501. The van der Waals surface area contributed by atoms with Gasteiger partial charge in [-0.15, -0.1) is 11.3 Å². The fraction of sp³-hybridized carbons (Fsp3) is 0.154. The summed E-state index contributed by atoms with van der Waals surface area (Å²) in [6, 6.07) is 16.9. The normalized spacial score (nSPS) is 11.4. The molecule has 0 amide bonds. The van der Waals surface area contributed by atoms with Crippen molar-refractivity contribution in [2.45, 2.75) is 16.9 Å². The van der Waals surface area contributed by atoms with Crippen LogP contribution in [0.2, 0.25) is 0 Å². The molecule has 192 valence electrons. The smallest absolute Gasteiger partial charge is 0.187 e. The number of aliphatic hydroxyl groups is 2. The molecule has 9 nitrogen and oxygen atoms in total. The highest BCUT2D eigenvalue weighted by atomic mass is 32.2. The fourth-order valence-corrected chi connectivity index (χ4v) is 5.14. The lowest BCUT2D eigenvalue weighted by atomic mass is 9.97. The number of nitrogens with two attached hydrogens (primary N) is 1. The van der Waals surface area contributed by atoms with E-state index in [4.69, 9.17) is 15.6 Å². The van der Waals surface area contributed by atoms with E-state index >= 15 is 0 Å². The number of aromatic nitrogens is 2. The molecule has 38 heavy (non-hydrogen) atoms. The number of aliphatic hydroxyl groups excluding tert-OH is 2. The number of thioether (sulfide) groups is 1. The van der Waals surface area contributed by atoms with Gasteiger partial charge in [-0.3, -0.25) is 0 Å². The van der Waals surface area contributed by atoms with E-state index in [0.717, 1.165) is 5.69 Å². The van der Waals surface area contributed by atoms with Crippen LogP contribution in [0.4, 0.5) is 21.0 Å². The number of nitrogens with one attached hydrogen (secondary N) is 1. The number of nitrogens with zero attached hydrogens (tertiary/aromatic N) is 4. The third kappa shape index (κ3) is 6.37. The number of ether oxygens (including phenoxy) is 1. The maximum absolute atomic E-state index is 13.4. The second-order valence-electron chi connectivity index (χ2n) is 7.89. The molecule has 2 aromatic carbocycles. The zero-order valence-corrected chi connectivity index (χ0v) is 21.4. The number of rotatable bonds is 10. The summed E-state index contributed by atoms with van der Waals surface area (Å²) < 4.78 is 18.9. The van der Waals surface area contributed by atoms with E-state index in [2.05, 4.69) is 21.4 Å². The zero-order chi connectivity index (χ0) is 27.1. The predicted molar refractivity (Wildman–Crippen MR) is 143 cm³/mol. The van der Waals surface area contributed by atoms with Crippen molar-refractivity contribution in [1.29, 1.82) is 10.5 Å². The first-order valence-electron chi connectivity index (χ1n) is 11.2. The molecule has 1 atom stereocenters. The van der Waals surface area contributed by atoms with Gasteiger partial charge in [-0.05, 0) is 35.9 Å². The molecule has 0 radical (unpaired) electrons. The number of benzene rings is 2. The minimum Gasteiger partial charge on any atom is -0.491 e. The molecule has 2 aromatic heterocycles. The van der Waals surface area contributed by atoms with Gasteiger partial charge >= 0.3 is 0 Å². The SMILES string of the molecule is N#Cc1c(N)nc(SCc2csc(Nc3cccc(F)c3)n2)c(C#N)c1-c1ccc(OC[C@@H](O)CO)cc1. The molecule has 0 fully saturated rings. The Morgan fingerprint density at radius 1 is 1.13 bits per heavy atom. The first-order chi connectivity index (χ1) is 18.4. The third-order valence-corrected chi connectivity index (χ3v) is 7.01. The molecule has 0 bridgehead atoms. The van der Waals surface area contributed by atoms with Gasteiger partial charge in [-0.2, -0.15) is 10.5 Å². The number of hydrogen-bond acceptors (Lipinski definition) is 11. The second-order valence-corrected chi connectivity index (χ2v) is 9.71. The summed E-state index contributed by atoms with van der Waals surface area (Å²) in [5.74, 6) is 0.478. The number of pyridine rings is 1. The van der Waals surface area contributed by atoms with Gasteiger partial charge in [-0.1, -0.05) is 30.0 Å². The van der Waals surface area contributed by atoms with E-state index < -0.39 is 12.7 Å². The van der Waals surface area contributed by atoms with Crippen LogP contribution in [0.25, 0.3) is 11.1 Å². The largest absolute Gasteiger partial charge is 0.491 e. The molecule has 4 aromatic rings. The van der Waals surface area contributed by atoms with E-state index in [9.17, 15) is 20.0 Å². The molecule has 0 spiro atoms. The quantitative estimate of drug-likeness (QED) is 0.209. The summed E-state index contributed by atoms with van der Waals surface area (Å²) in [4.78, 5) is 8.82. The molecule has 0 saturated heterocycles. The van der Waals surface area contributed by atoms with Crippen molar-refractivity contribution in [2.24, 2.45) is 0 Å². The molecule has 2 heterocycles. The highest BCUT2D eigenvalue weighted by Gasteiger charge is 2.21. The summed E-state index contributed by atoms with van der Waals surface area (Å²) >= 11 is 2.62. The lowest BCUT2D eigenvalue weighted by Crippen LogP contribution is -2.21. The standard InChI is InChI=1S/C26H21FN6O3S2/c27-16-2-1-3-17(8-16)31-26-32-18(14-38-26)13-37-25-22(10-29)23(21(9-28)24(30)33-25)15-4-6-20(7-5-15)36-12-19(35)11-34/h1-8,14,19,34-35H,11-13H2,(H2,30,33)(H,31,32)/t19-/m0/s1. The van der Waals surface area contributed by atoms with E-state index in [1.807, 2.05) is 11.4 Å². The lowest BCUT2D eigenvalue weighted by Gasteiger charge is -2.14. The second kappa shape index (κ2) is 12.4. The van der Waals surface area contributed by atoms with E-state index in [0.29, 0.717) is 38.5 Å². The molecule has 5 N–H and O–H groups in total. The average Bonchev–Trinajstić information content (AvgIpc) is 3.37. The van der Waals surface area contributed by atoms with Crippen molar-refractivity contribution >= 4 is 39.7 Å². The Labute approximate surface area is 226 Å². The first kappa shape index (κ1) is 26.9. The number of nitriles is 2. The molecule has 0 aliphatic carbocycles. The van der Waals surface area contributed by atoms with Crippen molar-refractivity contribution in [3.63, 3.8) is 0 Å². The predicted octanol–water partition coefficient (Wildman–Crippen LogP) is 4.44.